The number of hydrogen-bond acceptors (Lipinski definition) is 4. The highest BCUT2D eigenvalue weighted by Crippen LogP contribution is 2.22. The van der Waals surface area contributed by atoms with Crippen LogP contribution in [0.1, 0.15) is 11.6 Å². The Morgan fingerprint density at radius 3 is 2.50 bits per heavy atom. The molecule has 1 atom stereocenters. The van der Waals surface area contributed by atoms with Crippen LogP contribution in [0.3, 0.4) is 0 Å². The van der Waals surface area contributed by atoms with Crippen molar-refractivity contribution in [3.63, 3.8) is 0 Å². The summed E-state index contributed by atoms with van der Waals surface area (Å²) in [6, 6.07) is 12.3. The molecule has 0 amide bonds. The van der Waals surface area contributed by atoms with Gasteiger partial charge in [-0.25, -0.2) is 17.5 Å². The van der Waals surface area contributed by atoms with Gasteiger partial charge in [0.15, 0.2) is 0 Å². The summed E-state index contributed by atoms with van der Waals surface area (Å²) < 4.78 is 47.0. The van der Waals surface area contributed by atoms with E-state index in [9.17, 15) is 12.8 Å². The van der Waals surface area contributed by atoms with E-state index in [4.69, 9.17) is 16.3 Å². The van der Waals surface area contributed by atoms with E-state index >= 15 is 0 Å². The summed E-state index contributed by atoms with van der Waals surface area (Å²) in [4.78, 5) is 2.09. The van der Waals surface area contributed by atoms with E-state index in [2.05, 4.69) is 9.62 Å². The zero-order valence-corrected chi connectivity index (χ0v) is 15.6. The Labute approximate surface area is 157 Å². The summed E-state index contributed by atoms with van der Waals surface area (Å²) in [6.07, 6.45) is 0. The normalized spacial score (nSPS) is 17.2. The third-order valence-electron chi connectivity index (χ3n) is 4.25. The number of nitrogens with zero attached hydrogens (tertiary/aromatic N) is 1. The van der Waals surface area contributed by atoms with Gasteiger partial charge in [-0.1, -0.05) is 41.9 Å². The van der Waals surface area contributed by atoms with Crippen LogP contribution in [-0.4, -0.2) is 46.2 Å². The van der Waals surface area contributed by atoms with Gasteiger partial charge in [0.1, 0.15) is 5.82 Å². The van der Waals surface area contributed by atoms with Crippen LogP contribution in [0.2, 0.25) is 5.02 Å². The standard InChI is InChI=1S/C18H20ClFN2O3S/c19-16-12-15(6-7-17(16)20)26(23,24)21-18(14-4-2-1-3-5-14)13-22-8-10-25-11-9-22/h1-7,12,18,21H,8-11,13H2/t18-/m1/s1. The predicted octanol–water partition coefficient (Wildman–Crippen LogP) is 2.83. The highest BCUT2D eigenvalue weighted by Gasteiger charge is 2.25. The second-order valence-corrected chi connectivity index (χ2v) is 8.19. The van der Waals surface area contributed by atoms with E-state index in [0.29, 0.717) is 19.8 Å². The maximum absolute atomic E-state index is 13.4. The third-order valence-corrected chi connectivity index (χ3v) is 6.00. The van der Waals surface area contributed by atoms with Crippen molar-refractivity contribution in [2.24, 2.45) is 0 Å². The van der Waals surface area contributed by atoms with Gasteiger partial charge in [0, 0.05) is 19.6 Å². The lowest BCUT2D eigenvalue weighted by atomic mass is 10.1. The number of morpholine rings is 1. The minimum Gasteiger partial charge on any atom is -0.379 e. The molecule has 0 spiro atoms. The minimum absolute atomic E-state index is 0.0631. The van der Waals surface area contributed by atoms with Gasteiger partial charge in [-0.05, 0) is 23.8 Å². The van der Waals surface area contributed by atoms with Gasteiger partial charge in [0.05, 0.1) is 29.2 Å². The first-order valence-electron chi connectivity index (χ1n) is 8.28. The lowest BCUT2D eigenvalue weighted by Crippen LogP contribution is -2.43. The molecule has 1 saturated heterocycles. The van der Waals surface area contributed by atoms with Gasteiger partial charge in [-0.15, -0.1) is 0 Å². The smallest absolute Gasteiger partial charge is 0.241 e. The van der Waals surface area contributed by atoms with E-state index in [1.165, 1.54) is 6.07 Å². The van der Waals surface area contributed by atoms with Crippen LogP contribution >= 0.6 is 11.6 Å². The van der Waals surface area contributed by atoms with Crippen LogP contribution < -0.4 is 4.72 Å². The first-order chi connectivity index (χ1) is 12.5. The van der Waals surface area contributed by atoms with Crippen molar-refractivity contribution >= 4 is 21.6 Å². The monoisotopic (exact) mass is 398 g/mol. The average Bonchev–Trinajstić information content (AvgIpc) is 2.65. The van der Waals surface area contributed by atoms with Crippen molar-refractivity contribution in [3.05, 3.63) is 64.9 Å². The summed E-state index contributed by atoms with van der Waals surface area (Å²) >= 11 is 5.74. The summed E-state index contributed by atoms with van der Waals surface area (Å²) in [7, 11) is -3.86. The predicted molar refractivity (Wildman–Crippen MR) is 98.2 cm³/mol. The molecule has 1 heterocycles. The average molecular weight is 399 g/mol. The fourth-order valence-electron chi connectivity index (χ4n) is 2.84. The third kappa shape index (κ3) is 4.81. The number of ether oxygens (including phenoxy) is 1. The Kier molecular flexibility index (Phi) is 6.26. The van der Waals surface area contributed by atoms with Crippen LogP contribution in [0.25, 0.3) is 0 Å². The molecule has 1 aliphatic heterocycles. The largest absolute Gasteiger partial charge is 0.379 e. The molecular formula is C18H20ClFN2O3S. The van der Waals surface area contributed by atoms with Gasteiger partial charge in [-0.3, -0.25) is 4.90 Å². The molecule has 2 aromatic rings. The van der Waals surface area contributed by atoms with Gasteiger partial charge in [-0.2, -0.15) is 0 Å². The fourth-order valence-corrected chi connectivity index (χ4v) is 4.32. The van der Waals surface area contributed by atoms with E-state index in [1.807, 2.05) is 30.3 Å². The second kappa shape index (κ2) is 8.45. The highest BCUT2D eigenvalue weighted by atomic mass is 35.5. The topological polar surface area (TPSA) is 58.6 Å². The minimum atomic E-state index is -3.86. The van der Waals surface area contributed by atoms with Crippen molar-refractivity contribution in [3.8, 4) is 0 Å². The number of sulfonamides is 1. The quantitative estimate of drug-likeness (QED) is 0.812. The molecule has 1 aliphatic rings. The van der Waals surface area contributed by atoms with Crippen LogP contribution in [0.5, 0.6) is 0 Å². The molecule has 0 aromatic heterocycles. The van der Waals surface area contributed by atoms with Crippen molar-refractivity contribution in [2.45, 2.75) is 10.9 Å². The number of hydrogen-bond donors (Lipinski definition) is 1. The van der Waals surface area contributed by atoms with Crippen molar-refractivity contribution in [2.75, 3.05) is 32.8 Å². The molecular weight excluding hydrogens is 379 g/mol. The van der Waals surface area contributed by atoms with Gasteiger partial charge >= 0.3 is 0 Å². The molecule has 140 valence electrons. The molecule has 8 heteroatoms. The number of benzene rings is 2. The van der Waals surface area contributed by atoms with Gasteiger partial charge < -0.3 is 4.74 Å². The number of nitrogens with one attached hydrogen (secondary N) is 1. The van der Waals surface area contributed by atoms with E-state index < -0.39 is 21.9 Å². The molecule has 1 N–H and O–H groups in total. The second-order valence-electron chi connectivity index (χ2n) is 6.07. The van der Waals surface area contributed by atoms with Crippen LogP contribution in [0.4, 0.5) is 4.39 Å². The molecule has 0 saturated carbocycles. The maximum atomic E-state index is 13.4. The lowest BCUT2D eigenvalue weighted by Gasteiger charge is -2.31. The lowest BCUT2D eigenvalue weighted by molar-refractivity contribution is 0.0345. The van der Waals surface area contributed by atoms with E-state index in [1.54, 1.807) is 0 Å². The van der Waals surface area contributed by atoms with Crippen molar-refractivity contribution in [1.82, 2.24) is 9.62 Å². The van der Waals surface area contributed by atoms with E-state index in [0.717, 1.165) is 30.8 Å². The molecule has 0 aliphatic carbocycles. The summed E-state index contributed by atoms with van der Waals surface area (Å²) in [5, 5.41) is -0.225. The molecule has 2 aromatic carbocycles. The number of halogens is 2. The SMILES string of the molecule is O=S(=O)(N[C@H](CN1CCOCC1)c1ccccc1)c1ccc(F)c(Cl)c1. The summed E-state index contributed by atoms with van der Waals surface area (Å²) in [5.74, 6) is -0.654. The molecule has 0 radical (unpaired) electrons. The summed E-state index contributed by atoms with van der Waals surface area (Å²) in [5.41, 5.74) is 0.857. The maximum Gasteiger partial charge on any atom is 0.241 e. The summed E-state index contributed by atoms with van der Waals surface area (Å²) in [6.45, 7) is 3.26. The molecule has 0 bridgehead atoms. The van der Waals surface area contributed by atoms with Crippen LogP contribution in [0.15, 0.2) is 53.4 Å². The Balaban J connectivity index is 1.85. The number of rotatable bonds is 6. The molecule has 26 heavy (non-hydrogen) atoms. The fraction of sp³-hybridized carbons (Fsp3) is 0.333. The zero-order valence-electron chi connectivity index (χ0n) is 14.1. The highest BCUT2D eigenvalue weighted by molar-refractivity contribution is 7.89. The molecule has 1 fully saturated rings. The Hall–Kier alpha value is -1.51. The first kappa shape index (κ1) is 19.3. The molecule has 5 nitrogen and oxygen atoms in total. The van der Waals surface area contributed by atoms with Gasteiger partial charge in [0.2, 0.25) is 10.0 Å². The first-order valence-corrected chi connectivity index (χ1v) is 10.1. The van der Waals surface area contributed by atoms with Crippen molar-refractivity contribution in [1.29, 1.82) is 0 Å². The Morgan fingerprint density at radius 2 is 1.85 bits per heavy atom. The van der Waals surface area contributed by atoms with Crippen molar-refractivity contribution < 1.29 is 17.5 Å². The zero-order chi connectivity index (χ0) is 18.6. The van der Waals surface area contributed by atoms with Crippen LogP contribution in [-0.2, 0) is 14.8 Å². The van der Waals surface area contributed by atoms with Crippen LogP contribution in [0, 0.1) is 5.82 Å². The molecule has 0 unspecified atom stereocenters. The van der Waals surface area contributed by atoms with Gasteiger partial charge in [0.25, 0.3) is 0 Å². The Bertz CT molecular complexity index is 843. The van der Waals surface area contributed by atoms with E-state index in [-0.39, 0.29) is 9.92 Å². The molecule has 3 rings (SSSR count). The Morgan fingerprint density at radius 1 is 1.15 bits per heavy atom.